The van der Waals surface area contributed by atoms with Gasteiger partial charge in [0.1, 0.15) is 11.5 Å². The van der Waals surface area contributed by atoms with Gasteiger partial charge >= 0.3 is 11.9 Å². The minimum Gasteiger partial charge on any atom is -0.427 e. The van der Waals surface area contributed by atoms with Crippen LogP contribution in [0.25, 0.3) is 0 Å². The van der Waals surface area contributed by atoms with Gasteiger partial charge in [-0.25, -0.2) is 9.59 Å². The zero-order chi connectivity index (χ0) is 26.7. The molecule has 7 aliphatic rings. The molecule has 0 amide bonds. The van der Waals surface area contributed by atoms with Crippen LogP contribution in [-0.2, 0) is 19.1 Å². The van der Waals surface area contributed by atoms with Crippen LogP contribution in [0.5, 0.6) is 0 Å². The van der Waals surface area contributed by atoms with E-state index in [2.05, 4.69) is 37.1 Å². The monoisotopic (exact) mass is 519 g/mol. The highest BCUT2D eigenvalue weighted by Gasteiger charge is 2.69. The lowest BCUT2D eigenvalue weighted by molar-refractivity contribution is -0.135. The van der Waals surface area contributed by atoms with E-state index in [-0.39, 0.29) is 47.0 Å². The number of hydrogen-bond acceptors (Lipinski definition) is 5. The number of cyclic esters (lactones) is 2. The Hall–Kier alpha value is -2.83. The molecule has 5 atom stereocenters. The molecular weight excluding hydrogens is 478 g/mol. The molecule has 2 bridgehead atoms. The molecule has 204 valence electrons. The van der Waals surface area contributed by atoms with Gasteiger partial charge in [0.2, 0.25) is 0 Å². The molecule has 3 fully saturated rings. The summed E-state index contributed by atoms with van der Waals surface area (Å²) in [7, 11) is 0. The van der Waals surface area contributed by atoms with Crippen molar-refractivity contribution in [2.24, 2.45) is 51.0 Å². The van der Waals surface area contributed by atoms with E-state index in [4.69, 9.17) is 20.9 Å². The van der Waals surface area contributed by atoms with Gasteiger partial charge in [0.05, 0.1) is 5.41 Å². The standard InChI is InChI=1S/C31H41N3O4/c1-3-5-8-24-31-19(11-14-34-29(32)33)15-18(16-22(31)27(35)38-24)20-9-10-21-23(37-28(36)25(21)26(20)31)17-30(4-2)12-6-7-13-30/h8,16-20,26H,3-7,9-15H2,1-2H3,(H4,32,33,34)/b23-17?,24-8-/t18-,19-,20+,26-,31+/m1/s1. The van der Waals surface area contributed by atoms with Gasteiger partial charge in [-0.2, -0.15) is 0 Å². The number of nitrogens with two attached hydrogens (primary N) is 2. The minimum absolute atomic E-state index is 0.0752. The first-order chi connectivity index (χ1) is 18.3. The third-order valence-electron chi connectivity index (χ3n) is 10.5. The first kappa shape index (κ1) is 25.4. The van der Waals surface area contributed by atoms with Gasteiger partial charge in [-0.05, 0) is 86.7 Å². The number of guanidine groups is 1. The lowest BCUT2D eigenvalue weighted by Gasteiger charge is -2.58. The van der Waals surface area contributed by atoms with Crippen molar-refractivity contribution < 1.29 is 19.1 Å². The fraction of sp³-hybridized carbons (Fsp3) is 0.645. The Kier molecular flexibility index (Phi) is 6.31. The summed E-state index contributed by atoms with van der Waals surface area (Å²) >= 11 is 0. The molecule has 2 saturated carbocycles. The van der Waals surface area contributed by atoms with Crippen LogP contribution < -0.4 is 11.5 Å². The second-order valence-electron chi connectivity index (χ2n) is 12.3. The Morgan fingerprint density at radius 1 is 1.16 bits per heavy atom. The van der Waals surface area contributed by atoms with E-state index < -0.39 is 5.41 Å². The van der Waals surface area contributed by atoms with Gasteiger partial charge in [-0.15, -0.1) is 0 Å². The van der Waals surface area contributed by atoms with Crippen molar-refractivity contribution in [3.05, 3.63) is 46.5 Å². The first-order valence-electron chi connectivity index (χ1n) is 14.7. The molecule has 2 aliphatic heterocycles. The number of carbonyl (C=O) groups excluding carboxylic acids is 2. The molecule has 7 nitrogen and oxygen atoms in total. The van der Waals surface area contributed by atoms with Gasteiger partial charge in [-0.1, -0.05) is 39.2 Å². The maximum absolute atomic E-state index is 13.8. The Bertz CT molecular complexity index is 1200. The highest BCUT2D eigenvalue weighted by Crippen LogP contribution is 2.71. The van der Waals surface area contributed by atoms with E-state index in [9.17, 15) is 9.59 Å². The third-order valence-corrected chi connectivity index (χ3v) is 10.5. The molecule has 7 heteroatoms. The van der Waals surface area contributed by atoms with Gasteiger partial charge in [0, 0.05) is 29.2 Å². The SMILES string of the molecule is CCC/C=C1\OC(=O)C2=C[C@H]3C[C@@H](CCN=C(N)N)[C@]21[C@H]1C2=C(CC[C@@H]31)C(=CC1(CC)CCCC1)OC2=O. The van der Waals surface area contributed by atoms with Crippen LogP contribution in [0.15, 0.2) is 51.5 Å². The van der Waals surface area contributed by atoms with Crippen LogP contribution in [0.4, 0.5) is 0 Å². The molecule has 1 spiro atoms. The Balaban J connectivity index is 1.50. The van der Waals surface area contributed by atoms with Crippen LogP contribution >= 0.6 is 0 Å². The zero-order valence-electron chi connectivity index (χ0n) is 22.8. The predicted molar refractivity (Wildman–Crippen MR) is 145 cm³/mol. The molecule has 0 unspecified atom stereocenters. The van der Waals surface area contributed by atoms with Crippen LogP contribution in [0.1, 0.15) is 84.5 Å². The first-order valence-corrected chi connectivity index (χ1v) is 14.7. The molecule has 5 aliphatic carbocycles. The van der Waals surface area contributed by atoms with Crippen molar-refractivity contribution in [2.45, 2.75) is 84.5 Å². The van der Waals surface area contributed by atoms with Crippen molar-refractivity contribution in [2.75, 3.05) is 6.54 Å². The number of rotatable bonds is 7. The second-order valence-corrected chi connectivity index (χ2v) is 12.3. The summed E-state index contributed by atoms with van der Waals surface area (Å²) in [5.41, 5.74) is 13.4. The fourth-order valence-electron chi connectivity index (χ4n) is 8.86. The normalized spacial score (nSPS) is 36.6. The maximum atomic E-state index is 13.8. The number of allylic oxidation sites excluding steroid dienone is 5. The molecule has 2 heterocycles. The topological polar surface area (TPSA) is 117 Å². The van der Waals surface area contributed by atoms with Gasteiger partial charge in [0.15, 0.2) is 5.96 Å². The zero-order valence-corrected chi connectivity index (χ0v) is 22.8. The number of esters is 2. The van der Waals surface area contributed by atoms with E-state index in [0.29, 0.717) is 6.54 Å². The Morgan fingerprint density at radius 3 is 2.66 bits per heavy atom. The minimum atomic E-state index is -0.657. The predicted octanol–water partition coefficient (Wildman–Crippen LogP) is 5.19. The molecule has 0 radical (unpaired) electrons. The smallest absolute Gasteiger partial charge is 0.340 e. The van der Waals surface area contributed by atoms with Crippen LogP contribution in [0.3, 0.4) is 0 Å². The number of unbranched alkanes of at least 4 members (excludes halogenated alkanes) is 1. The number of aliphatic imine (C=N–C) groups is 1. The van der Waals surface area contributed by atoms with E-state index in [0.717, 1.165) is 86.0 Å². The van der Waals surface area contributed by atoms with Gasteiger partial charge in [-0.3, -0.25) is 4.99 Å². The summed E-state index contributed by atoms with van der Waals surface area (Å²) in [6, 6.07) is 0. The lowest BCUT2D eigenvalue weighted by Crippen LogP contribution is -2.55. The number of nitrogens with zero attached hydrogens (tertiary/aromatic N) is 1. The van der Waals surface area contributed by atoms with Crippen molar-refractivity contribution in [3.8, 4) is 0 Å². The number of carbonyl (C=O) groups is 2. The molecule has 0 aromatic rings. The molecule has 0 aromatic heterocycles. The average molecular weight is 520 g/mol. The van der Waals surface area contributed by atoms with E-state index in [1.165, 1.54) is 12.8 Å². The van der Waals surface area contributed by atoms with Crippen molar-refractivity contribution >= 4 is 17.9 Å². The number of hydrogen-bond donors (Lipinski definition) is 2. The largest absolute Gasteiger partial charge is 0.427 e. The second kappa shape index (κ2) is 9.42. The molecular formula is C31H41N3O4. The Morgan fingerprint density at radius 2 is 1.95 bits per heavy atom. The Labute approximate surface area is 225 Å². The number of ether oxygens (including phenoxy) is 2. The highest BCUT2D eigenvalue weighted by atomic mass is 16.5. The van der Waals surface area contributed by atoms with Crippen molar-refractivity contribution in [1.29, 1.82) is 0 Å². The van der Waals surface area contributed by atoms with Crippen LogP contribution in [0.2, 0.25) is 0 Å². The molecule has 38 heavy (non-hydrogen) atoms. The third kappa shape index (κ3) is 3.64. The van der Waals surface area contributed by atoms with Gasteiger partial charge < -0.3 is 20.9 Å². The van der Waals surface area contributed by atoms with Crippen molar-refractivity contribution in [1.82, 2.24) is 0 Å². The maximum Gasteiger partial charge on any atom is 0.340 e. The highest BCUT2D eigenvalue weighted by molar-refractivity contribution is 6.00. The molecule has 1 saturated heterocycles. The fourth-order valence-corrected chi connectivity index (χ4v) is 8.86. The van der Waals surface area contributed by atoms with Gasteiger partial charge in [0.25, 0.3) is 0 Å². The van der Waals surface area contributed by atoms with Crippen molar-refractivity contribution in [3.63, 3.8) is 0 Å². The van der Waals surface area contributed by atoms with E-state index in [1.54, 1.807) is 0 Å². The number of fused-ring (bicyclic) bond motifs is 1. The van der Waals surface area contributed by atoms with E-state index in [1.807, 2.05) is 0 Å². The van der Waals surface area contributed by atoms with E-state index >= 15 is 0 Å². The summed E-state index contributed by atoms with van der Waals surface area (Å²) in [6.45, 7) is 4.86. The lowest BCUT2D eigenvalue weighted by atomic mass is 9.43. The van der Waals surface area contributed by atoms with Crippen LogP contribution in [0, 0.1) is 34.5 Å². The summed E-state index contributed by atoms with van der Waals surface area (Å²) in [4.78, 5) is 31.4. The average Bonchev–Trinajstić information content (AvgIpc) is 3.58. The van der Waals surface area contributed by atoms with Crippen LogP contribution in [-0.4, -0.2) is 24.4 Å². The molecule has 4 N–H and O–H groups in total. The quantitative estimate of drug-likeness (QED) is 0.272. The summed E-state index contributed by atoms with van der Waals surface area (Å²) in [6.07, 6.45) is 17.7. The molecule has 0 aromatic carbocycles. The molecule has 7 rings (SSSR count). The summed E-state index contributed by atoms with van der Waals surface area (Å²) < 4.78 is 12.2. The summed E-state index contributed by atoms with van der Waals surface area (Å²) in [5, 5.41) is 0. The summed E-state index contributed by atoms with van der Waals surface area (Å²) in [5.74, 6) is 1.62.